The van der Waals surface area contributed by atoms with Gasteiger partial charge in [-0.25, -0.2) is 4.39 Å². The molecule has 27 heavy (non-hydrogen) atoms. The number of anilines is 1. The van der Waals surface area contributed by atoms with Crippen LogP contribution in [0.5, 0.6) is 0 Å². The van der Waals surface area contributed by atoms with E-state index in [0.717, 1.165) is 5.56 Å². The van der Waals surface area contributed by atoms with Gasteiger partial charge in [-0.2, -0.15) is 0 Å². The lowest BCUT2D eigenvalue weighted by atomic mass is 10.0. The molecular formula is C19H17ClFN3O3. The number of carbonyl (C=O) groups is 2. The molecule has 0 bridgehead atoms. The van der Waals surface area contributed by atoms with Crippen LogP contribution in [0, 0.1) is 12.7 Å². The lowest BCUT2D eigenvalue weighted by molar-refractivity contribution is -0.132. The number of amides is 2. The Balaban J connectivity index is 1.50. The summed E-state index contributed by atoms with van der Waals surface area (Å²) in [6, 6.07) is 11.1. The molecule has 2 aromatic carbocycles. The molecule has 140 valence electrons. The second-order valence-electron chi connectivity index (χ2n) is 6.02. The molecule has 0 unspecified atom stereocenters. The van der Waals surface area contributed by atoms with Gasteiger partial charge in [0.1, 0.15) is 5.82 Å². The number of hydrogen-bond donors (Lipinski definition) is 2. The highest BCUT2D eigenvalue weighted by molar-refractivity contribution is 6.31. The first-order chi connectivity index (χ1) is 12.9. The van der Waals surface area contributed by atoms with Gasteiger partial charge in [-0.15, -0.1) is 0 Å². The summed E-state index contributed by atoms with van der Waals surface area (Å²) in [4.78, 5) is 29.3. The fourth-order valence-electron chi connectivity index (χ4n) is 2.58. The van der Waals surface area contributed by atoms with Crippen LogP contribution in [0.1, 0.15) is 17.5 Å². The molecule has 6 nitrogen and oxygen atoms in total. The Morgan fingerprint density at radius 2 is 2.07 bits per heavy atom. The highest BCUT2D eigenvalue weighted by Crippen LogP contribution is 2.22. The molecule has 3 rings (SSSR count). The van der Waals surface area contributed by atoms with Gasteiger partial charge >= 0.3 is 0 Å². The zero-order valence-electron chi connectivity index (χ0n) is 14.5. The summed E-state index contributed by atoms with van der Waals surface area (Å²) in [5.41, 5.74) is 2.36. The summed E-state index contributed by atoms with van der Waals surface area (Å²) < 4.78 is 13.3. The van der Waals surface area contributed by atoms with Crippen LogP contribution in [0.3, 0.4) is 0 Å². The van der Waals surface area contributed by atoms with E-state index in [1.165, 1.54) is 12.1 Å². The van der Waals surface area contributed by atoms with Gasteiger partial charge in [-0.3, -0.25) is 9.59 Å². The lowest BCUT2D eigenvalue weighted by Gasteiger charge is -2.11. The van der Waals surface area contributed by atoms with Crippen molar-refractivity contribution in [1.82, 2.24) is 5.32 Å². The van der Waals surface area contributed by atoms with Crippen molar-refractivity contribution < 1.29 is 18.8 Å². The van der Waals surface area contributed by atoms with E-state index >= 15 is 0 Å². The highest BCUT2D eigenvalue weighted by atomic mass is 35.5. The molecule has 2 amide bonds. The van der Waals surface area contributed by atoms with Crippen LogP contribution in [0.25, 0.3) is 0 Å². The van der Waals surface area contributed by atoms with Crippen molar-refractivity contribution in [2.24, 2.45) is 5.16 Å². The maximum atomic E-state index is 13.3. The van der Waals surface area contributed by atoms with Gasteiger partial charge in [0.15, 0.2) is 0 Å². The molecule has 0 aromatic heterocycles. The quantitative estimate of drug-likeness (QED) is 0.824. The van der Waals surface area contributed by atoms with E-state index in [2.05, 4.69) is 15.8 Å². The Morgan fingerprint density at radius 1 is 1.30 bits per heavy atom. The van der Waals surface area contributed by atoms with Gasteiger partial charge < -0.3 is 15.5 Å². The minimum absolute atomic E-state index is 0.199. The highest BCUT2D eigenvalue weighted by Gasteiger charge is 2.29. The summed E-state index contributed by atoms with van der Waals surface area (Å²) in [7, 11) is 0. The first kappa shape index (κ1) is 18.8. The van der Waals surface area contributed by atoms with E-state index in [9.17, 15) is 14.0 Å². The van der Waals surface area contributed by atoms with Crippen molar-refractivity contribution in [3.63, 3.8) is 0 Å². The van der Waals surface area contributed by atoms with Crippen LogP contribution >= 0.6 is 11.6 Å². The van der Waals surface area contributed by atoms with E-state index in [1.54, 1.807) is 37.3 Å². The molecule has 0 aliphatic carbocycles. The minimum Gasteiger partial charge on any atom is -0.382 e. The number of halogens is 2. The van der Waals surface area contributed by atoms with Gasteiger partial charge in [0.25, 0.3) is 5.91 Å². The van der Waals surface area contributed by atoms with Crippen LogP contribution in [0.2, 0.25) is 5.02 Å². The number of oxime groups is 1. The lowest BCUT2D eigenvalue weighted by Crippen LogP contribution is -2.39. The third-order valence-electron chi connectivity index (χ3n) is 4.08. The molecule has 0 saturated carbocycles. The first-order valence-corrected chi connectivity index (χ1v) is 8.63. The molecular weight excluding hydrogens is 373 g/mol. The summed E-state index contributed by atoms with van der Waals surface area (Å²) in [5.74, 6) is -1.25. The molecule has 1 aliphatic heterocycles. The number of benzene rings is 2. The van der Waals surface area contributed by atoms with E-state index in [-0.39, 0.29) is 13.0 Å². The predicted octanol–water partition coefficient (Wildman–Crippen LogP) is 3.04. The first-order valence-electron chi connectivity index (χ1n) is 8.25. The van der Waals surface area contributed by atoms with Crippen molar-refractivity contribution >= 4 is 34.8 Å². The zero-order chi connectivity index (χ0) is 19.4. The average Bonchev–Trinajstić information content (AvgIpc) is 3.14. The topological polar surface area (TPSA) is 79.8 Å². The second-order valence-corrected chi connectivity index (χ2v) is 6.43. The molecule has 2 N–H and O–H groups in total. The molecule has 0 saturated heterocycles. The van der Waals surface area contributed by atoms with E-state index in [0.29, 0.717) is 22.0 Å². The monoisotopic (exact) mass is 389 g/mol. The molecule has 2 aromatic rings. The van der Waals surface area contributed by atoms with E-state index < -0.39 is 23.7 Å². The third-order valence-corrected chi connectivity index (χ3v) is 4.49. The second kappa shape index (κ2) is 8.18. The van der Waals surface area contributed by atoms with Gasteiger partial charge in [0, 0.05) is 22.7 Å². The smallest absolute Gasteiger partial charge is 0.264 e. The molecule has 1 heterocycles. The van der Waals surface area contributed by atoms with Crippen LogP contribution in [0.15, 0.2) is 47.6 Å². The SMILES string of the molecule is Cc1c(Cl)cccc1NC(=O)CNC(=O)[C@@H]1CC(c2cccc(F)c2)=NO1. The molecule has 0 radical (unpaired) electrons. The molecule has 8 heteroatoms. The summed E-state index contributed by atoms with van der Waals surface area (Å²) in [6.45, 7) is 1.56. The number of nitrogens with zero attached hydrogens (tertiary/aromatic N) is 1. The van der Waals surface area contributed by atoms with Crippen LogP contribution in [-0.4, -0.2) is 30.2 Å². The molecule has 1 atom stereocenters. The predicted molar refractivity (Wildman–Crippen MR) is 100 cm³/mol. The van der Waals surface area contributed by atoms with Crippen LogP contribution < -0.4 is 10.6 Å². The van der Waals surface area contributed by atoms with Gasteiger partial charge in [-0.05, 0) is 36.8 Å². The molecule has 0 spiro atoms. The van der Waals surface area contributed by atoms with Crippen molar-refractivity contribution in [3.05, 3.63) is 64.4 Å². The largest absolute Gasteiger partial charge is 0.382 e. The maximum Gasteiger partial charge on any atom is 0.264 e. The number of rotatable bonds is 5. The standard InChI is InChI=1S/C19H17ClFN3O3/c1-11-14(20)6-3-7-15(11)23-18(25)10-22-19(26)17-9-16(24-27-17)12-4-2-5-13(21)8-12/h2-8,17H,9-10H2,1H3,(H,22,26)(H,23,25)/t17-/m0/s1. The summed E-state index contributed by atoms with van der Waals surface area (Å²) in [5, 5.41) is 9.57. The van der Waals surface area contributed by atoms with Crippen molar-refractivity contribution in [2.75, 3.05) is 11.9 Å². The Bertz CT molecular complexity index is 917. The Labute approximate surface area is 160 Å². The molecule has 0 fully saturated rings. The Kier molecular flexibility index (Phi) is 5.71. The average molecular weight is 390 g/mol. The fourth-order valence-corrected chi connectivity index (χ4v) is 2.75. The third kappa shape index (κ3) is 4.62. The van der Waals surface area contributed by atoms with E-state index in [4.69, 9.17) is 16.4 Å². The van der Waals surface area contributed by atoms with Crippen molar-refractivity contribution in [3.8, 4) is 0 Å². The van der Waals surface area contributed by atoms with Crippen LogP contribution in [0.4, 0.5) is 10.1 Å². The van der Waals surface area contributed by atoms with Gasteiger partial charge in [0.2, 0.25) is 12.0 Å². The number of hydrogen-bond acceptors (Lipinski definition) is 4. The Morgan fingerprint density at radius 3 is 2.85 bits per heavy atom. The number of nitrogens with one attached hydrogen (secondary N) is 2. The summed E-state index contributed by atoms with van der Waals surface area (Å²) in [6.07, 6.45) is -0.659. The molecule has 1 aliphatic rings. The fraction of sp³-hybridized carbons (Fsp3) is 0.211. The Hall–Kier alpha value is -2.93. The van der Waals surface area contributed by atoms with Gasteiger partial charge in [-0.1, -0.05) is 35.0 Å². The van der Waals surface area contributed by atoms with Crippen molar-refractivity contribution in [2.45, 2.75) is 19.4 Å². The summed E-state index contributed by atoms with van der Waals surface area (Å²) >= 11 is 6.01. The van der Waals surface area contributed by atoms with E-state index in [1.807, 2.05) is 0 Å². The zero-order valence-corrected chi connectivity index (χ0v) is 15.2. The minimum atomic E-state index is -0.857. The van der Waals surface area contributed by atoms with Crippen LogP contribution in [-0.2, 0) is 14.4 Å². The van der Waals surface area contributed by atoms with Gasteiger partial charge in [0.05, 0.1) is 12.3 Å². The normalized spacial score (nSPS) is 15.7. The number of carbonyl (C=O) groups excluding carboxylic acids is 2. The maximum absolute atomic E-state index is 13.3. The van der Waals surface area contributed by atoms with Crippen molar-refractivity contribution in [1.29, 1.82) is 0 Å².